The lowest BCUT2D eigenvalue weighted by atomic mass is 10.1. The fourth-order valence-electron chi connectivity index (χ4n) is 0.256. The average molecular weight is 191 g/mol. The summed E-state index contributed by atoms with van der Waals surface area (Å²) in [7, 11) is 0. The Morgan fingerprint density at radius 2 is 2.33 bits per heavy atom. The molecular weight excluding hydrogens is 184 g/mol. The maximum atomic E-state index is 10.3. The summed E-state index contributed by atoms with van der Waals surface area (Å²) < 4.78 is 0. The number of nitrogens with zero attached hydrogens (tertiary/aromatic N) is 1. The van der Waals surface area contributed by atoms with Crippen molar-refractivity contribution in [2.75, 3.05) is 0 Å². The van der Waals surface area contributed by atoms with E-state index < -0.39 is 16.7 Å². The first kappa shape index (κ1) is 8.44. The molecule has 0 spiro atoms. The van der Waals surface area contributed by atoms with Crippen LogP contribution in [0.1, 0.15) is 6.92 Å². The normalized spacial score (nSPS) is 15.7. The van der Waals surface area contributed by atoms with Gasteiger partial charge in [-0.3, -0.25) is 4.79 Å². The Balaban J connectivity index is 3.91. The van der Waals surface area contributed by atoms with Crippen LogP contribution in [0.2, 0.25) is 0 Å². The maximum Gasteiger partial charge on any atom is 0.222 e. The van der Waals surface area contributed by atoms with E-state index in [9.17, 15) is 4.79 Å². The second-order valence-electron chi connectivity index (χ2n) is 1.72. The Morgan fingerprint density at radius 3 is 2.44 bits per heavy atom. The lowest BCUT2D eigenvalue weighted by molar-refractivity contribution is -0.120. The van der Waals surface area contributed by atoms with Gasteiger partial charge in [-0.25, -0.2) is 0 Å². The van der Waals surface area contributed by atoms with Gasteiger partial charge in [-0.15, -0.1) is 0 Å². The number of alkyl halides is 1. The fourth-order valence-corrected chi connectivity index (χ4v) is 0.517. The molecule has 0 heterocycles. The Kier molecular flexibility index (Phi) is 3.25. The maximum absolute atomic E-state index is 10.3. The number of hydrogen-bond acceptors (Lipinski definition) is 2. The fraction of sp³-hybridized carbons (Fsp3) is 0.600. The Bertz CT molecular complexity index is 152. The van der Waals surface area contributed by atoms with Crippen molar-refractivity contribution >= 4 is 21.8 Å². The van der Waals surface area contributed by atoms with Crippen molar-refractivity contribution in [1.82, 2.24) is 0 Å². The predicted molar refractivity (Wildman–Crippen MR) is 36.7 cm³/mol. The number of hydrogen-bond donors (Lipinski definition) is 1. The van der Waals surface area contributed by atoms with Gasteiger partial charge >= 0.3 is 0 Å². The minimum Gasteiger partial charge on any atom is -0.369 e. The largest absolute Gasteiger partial charge is 0.369 e. The molecule has 2 unspecified atom stereocenters. The van der Waals surface area contributed by atoms with Gasteiger partial charge < -0.3 is 5.73 Å². The molecule has 4 heteroatoms. The highest BCUT2D eigenvalue weighted by atomic mass is 79.9. The van der Waals surface area contributed by atoms with Crippen molar-refractivity contribution < 1.29 is 4.79 Å². The van der Waals surface area contributed by atoms with Gasteiger partial charge in [0.2, 0.25) is 5.91 Å². The molecule has 9 heavy (non-hydrogen) atoms. The van der Waals surface area contributed by atoms with Gasteiger partial charge in [-0.05, 0) is 0 Å². The Morgan fingerprint density at radius 1 is 1.89 bits per heavy atom. The van der Waals surface area contributed by atoms with Crippen molar-refractivity contribution in [1.29, 1.82) is 5.26 Å². The number of primary amides is 1. The molecule has 1 amide bonds. The van der Waals surface area contributed by atoms with E-state index in [-0.39, 0.29) is 0 Å². The lowest BCUT2D eigenvalue weighted by Gasteiger charge is -2.04. The van der Waals surface area contributed by atoms with Crippen LogP contribution in [-0.2, 0) is 4.79 Å². The van der Waals surface area contributed by atoms with E-state index in [4.69, 9.17) is 11.0 Å². The van der Waals surface area contributed by atoms with Gasteiger partial charge in [-0.1, -0.05) is 22.9 Å². The second-order valence-corrected chi connectivity index (χ2v) is 2.71. The molecule has 0 saturated carbocycles. The highest BCUT2D eigenvalue weighted by Crippen LogP contribution is 2.09. The van der Waals surface area contributed by atoms with E-state index in [1.54, 1.807) is 6.92 Å². The van der Waals surface area contributed by atoms with Gasteiger partial charge in [0.25, 0.3) is 0 Å². The van der Waals surface area contributed by atoms with Crippen LogP contribution in [0.15, 0.2) is 0 Å². The molecule has 50 valence electrons. The van der Waals surface area contributed by atoms with Crippen LogP contribution in [0.25, 0.3) is 0 Å². The summed E-state index contributed by atoms with van der Waals surface area (Å²) in [6.07, 6.45) is 0. The topological polar surface area (TPSA) is 66.9 Å². The highest BCUT2D eigenvalue weighted by molar-refractivity contribution is 9.09. The standard InChI is InChI=1S/C5H7BrN2O/c1-3(5(8)9)4(6)2-7/h3-4H,1H3,(H2,8,9). The number of carbonyl (C=O) groups is 1. The molecule has 0 aromatic carbocycles. The second kappa shape index (κ2) is 3.46. The third-order valence-electron chi connectivity index (χ3n) is 1.01. The van der Waals surface area contributed by atoms with Crippen molar-refractivity contribution in [2.45, 2.75) is 11.8 Å². The summed E-state index contributed by atoms with van der Waals surface area (Å²) in [6.45, 7) is 1.60. The Hall–Kier alpha value is -0.560. The van der Waals surface area contributed by atoms with Crippen LogP contribution in [0.4, 0.5) is 0 Å². The van der Waals surface area contributed by atoms with E-state index in [1.807, 2.05) is 6.07 Å². The van der Waals surface area contributed by atoms with Crippen LogP contribution in [0.3, 0.4) is 0 Å². The third-order valence-corrected chi connectivity index (χ3v) is 2.01. The number of rotatable bonds is 2. The van der Waals surface area contributed by atoms with Crippen LogP contribution >= 0.6 is 15.9 Å². The molecule has 3 nitrogen and oxygen atoms in total. The first-order valence-electron chi connectivity index (χ1n) is 2.42. The molecule has 0 aliphatic heterocycles. The SMILES string of the molecule is CC(C(N)=O)C(Br)C#N. The van der Waals surface area contributed by atoms with Crippen LogP contribution in [-0.4, -0.2) is 10.7 Å². The molecule has 0 rings (SSSR count). The lowest BCUT2D eigenvalue weighted by Crippen LogP contribution is -2.26. The van der Waals surface area contributed by atoms with Crippen molar-refractivity contribution in [3.63, 3.8) is 0 Å². The third kappa shape index (κ3) is 2.47. The van der Waals surface area contributed by atoms with Crippen LogP contribution in [0, 0.1) is 17.2 Å². The van der Waals surface area contributed by atoms with Gasteiger partial charge in [0.1, 0.15) is 4.83 Å². The summed E-state index contributed by atoms with van der Waals surface area (Å²) in [5.74, 6) is -0.881. The first-order valence-corrected chi connectivity index (χ1v) is 3.34. The molecular formula is C5H7BrN2O. The average Bonchev–Trinajstić information content (AvgIpc) is 1.84. The first-order chi connectivity index (χ1) is 4.09. The van der Waals surface area contributed by atoms with Gasteiger partial charge in [0, 0.05) is 0 Å². The summed E-state index contributed by atoms with van der Waals surface area (Å²) in [5.41, 5.74) is 4.89. The van der Waals surface area contributed by atoms with Gasteiger partial charge in [0.15, 0.2) is 0 Å². The van der Waals surface area contributed by atoms with Crippen LogP contribution in [0.5, 0.6) is 0 Å². The molecule has 0 saturated heterocycles. The minimum atomic E-state index is -0.463. The highest BCUT2D eigenvalue weighted by Gasteiger charge is 2.17. The molecule has 0 aliphatic rings. The van der Waals surface area contributed by atoms with Crippen molar-refractivity contribution in [3.05, 3.63) is 0 Å². The molecule has 0 aromatic heterocycles. The number of nitriles is 1. The smallest absolute Gasteiger partial charge is 0.222 e. The zero-order chi connectivity index (χ0) is 7.44. The van der Waals surface area contributed by atoms with E-state index in [0.29, 0.717) is 0 Å². The predicted octanol–water partition coefficient (Wildman–Crippen LogP) is 0.395. The summed E-state index contributed by atoms with van der Waals surface area (Å²) in [5, 5.41) is 8.25. The van der Waals surface area contributed by atoms with E-state index in [1.165, 1.54) is 0 Å². The van der Waals surface area contributed by atoms with Crippen LogP contribution < -0.4 is 5.73 Å². The van der Waals surface area contributed by atoms with Crippen molar-refractivity contribution in [2.24, 2.45) is 11.7 Å². The number of carbonyl (C=O) groups excluding carboxylic acids is 1. The molecule has 0 fully saturated rings. The van der Waals surface area contributed by atoms with E-state index in [0.717, 1.165) is 0 Å². The molecule has 2 N–H and O–H groups in total. The zero-order valence-corrected chi connectivity index (χ0v) is 6.55. The molecule has 0 radical (unpaired) electrons. The monoisotopic (exact) mass is 190 g/mol. The number of halogens is 1. The summed E-state index contributed by atoms with van der Waals surface area (Å²) >= 11 is 2.98. The van der Waals surface area contributed by atoms with E-state index >= 15 is 0 Å². The molecule has 0 bridgehead atoms. The zero-order valence-electron chi connectivity index (χ0n) is 4.97. The van der Waals surface area contributed by atoms with Gasteiger partial charge in [-0.2, -0.15) is 5.26 Å². The minimum absolute atomic E-state index is 0.421. The number of nitrogens with two attached hydrogens (primary N) is 1. The molecule has 0 aliphatic carbocycles. The van der Waals surface area contributed by atoms with E-state index in [2.05, 4.69) is 15.9 Å². The van der Waals surface area contributed by atoms with Gasteiger partial charge in [0.05, 0.1) is 12.0 Å². The molecule has 2 atom stereocenters. The Labute approximate surface area is 62.0 Å². The molecule has 0 aromatic rings. The quantitative estimate of drug-likeness (QED) is 0.641. The summed E-state index contributed by atoms with van der Waals surface area (Å²) in [6, 6.07) is 1.86. The van der Waals surface area contributed by atoms with Crippen molar-refractivity contribution in [3.8, 4) is 6.07 Å². The number of amides is 1. The summed E-state index contributed by atoms with van der Waals surface area (Å²) in [4.78, 5) is 9.88.